The third kappa shape index (κ3) is 3.51. The minimum atomic E-state index is -0.309. The predicted octanol–water partition coefficient (Wildman–Crippen LogP) is 5.02. The second kappa shape index (κ2) is 6.91. The van der Waals surface area contributed by atoms with Crippen molar-refractivity contribution in [3.8, 4) is 11.5 Å². The van der Waals surface area contributed by atoms with Crippen molar-refractivity contribution < 1.29 is 14.3 Å². The lowest BCUT2D eigenvalue weighted by Gasteiger charge is -2.28. The first-order valence-corrected chi connectivity index (χ1v) is 8.34. The van der Waals surface area contributed by atoms with Crippen LogP contribution >= 0.6 is 0 Å². The van der Waals surface area contributed by atoms with Crippen LogP contribution in [-0.2, 0) is 4.79 Å². The van der Waals surface area contributed by atoms with E-state index in [-0.39, 0.29) is 12.1 Å². The molecule has 2 aromatic rings. The second-order valence-electron chi connectivity index (χ2n) is 6.15. The molecule has 0 spiro atoms. The number of rotatable bonds is 4. The number of hydrogen-bond acceptors (Lipinski definition) is 3. The third-order valence-electron chi connectivity index (χ3n) is 4.10. The van der Waals surface area contributed by atoms with Crippen molar-refractivity contribution in [2.24, 2.45) is 0 Å². The fourth-order valence-electron chi connectivity index (χ4n) is 2.97. The van der Waals surface area contributed by atoms with Gasteiger partial charge in [-0.2, -0.15) is 0 Å². The highest BCUT2D eigenvalue weighted by Crippen LogP contribution is 2.37. The summed E-state index contributed by atoms with van der Waals surface area (Å²) >= 11 is 0. The molecule has 124 valence electrons. The topological polar surface area (TPSA) is 35.5 Å². The van der Waals surface area contributed by atoms with Crippen LogP contribution in [0.1, 0.15) is 43.4 Å². The average molecular weight is 322 g/mol. The lowest BCUT2D eigenvalue weighted by atomic mass is 9.92. The predicted molar refractivity (Wildman–Crippen MR) is 96.1 cm³/mol. The second-order valence-corrected chi connectivity index (χ2v) is 6.15. The van der Waals surface area contributed by atoms with Gasteiger partial charge in [0.2, 0.25) is 0 Å². The molecule has 2 aromatic carbocycles. The number of ether oxygens (including phenoxy) is 2. The van der Waals surface area contributed by atoms with Crippen molar-refractivity contribution in [1.82, 2.24) is 0 Å². The molecule has 1 aliphatic heterocycles. The molecular weight excluding hydrogens is 300 g/mol. The maximum atomic E-state index is 11.0. The molecule has 1 unspecified atom stereocenters. The van der Waals surface area contributed by atoms with Gasteiger partial charge >= 0.3 is 5.97 Å². The summed E-state index contributed by atoms with van der Waals surface area (Å²) in [6, 6.07) is 13.9. The average Bonchev–Trinajstić information content (AvgIpc) is 2.55. The normalized spacial score (nSPS) is 16.0. The number of carbonyl (C=O) groups is 1. The molecule has 3 nitrogen and oxygen atoms in total. The van der Waals surface area contributed by atoms with Gasteiger partial charge in [-0.15, -0.1) is 0 Å². The molecule has 1 atom stereocenters. The van der Waals surface area contributed by atoms with Gasteiger partial charge < -0.3 is 9.47 Å². The molecule has 0 saturated carbocycles. The van der Waals surface area contributed by atoms with Gasteiger partial charge in [-0.25, -0.2) is 0 Å². The first kappa shape index (κ1) is 16.3. The Hall–Kier alpha value is -2.55. The fourth-order valence-corrected chi connectivity index (χ4v) is 2.97. The molecular formula is C21H22O3. The highest BCUT2D eigenvalue weighted by atomic mass is 16.5. The van der Waals surface area contributed by atoms with E-state index in [4.69, 9.17) is 9.47 Å². The Morgan fingerprint density at radius 1 is 1.17 bits per heavy atom. The van der Waals surface area contributed by atoms with Gasteiger partial charge in [0.15, 0.2) is 0 Å². The smallest absolute Gasteiger partial charge is 0.308 e. The standard InChI is InChI=1S/C21H22O3/c1-4-5-20-19(13-17-7-6-14(2)12-21(17)24-20)16-8-10-18(11-9-16)23-15(3)22/h6-13,20H,4-5H2,1-3H3. The first-order chi connectivity index (χ1) is 11.6. The van der Waals surface area contributed by atoms with Gasteiger partial charge in [0.25, 0.3) is 0 Å². The molecule has 0 aliphatic carbocycles. The zero-order valence-corrected chi connectivity index (χ0v) is 14.3. The Balaban J connectivity index is 1.96. The van der Waals surface area contributed by atoms with Gasteiger partial charge in [0.05, 0.1) is 0 Å². The van der Waals surface area contributed by atoms with Crippen LogP contribution in [0, 0.1) is 6.92 Å². The first-order valence-electron chi connectivity index (χ1n) is 8.34. The summed E-state index contributed by atoms with van der Waals surface area (Å²) in [7, 11) is 0. The van der Waals surface area contributed by atoms with E-state index >= 15 is 0 Å². The summed E-state index contributed by atoms with van der Waals surface area (Å²) in [5.41, 5.74) is 4.57. The zero-order valence-electron chi connectivity index (χ0n) is 14.3. The molecule has 0 N–H and O–H groups in total. The minimum absolute atomic E-state index is 0.0453. The quantitative estimate of drug-likeness (QED) is 0.585. The van der Waals surface area contributed by atoms with Crippen LogP contribution in [0.5, 0.6) is 11.5 Å². The van der Waals surface area contributed by atoms with Gasteiger partial charge in [0.1, 0.15) is 17.6 Å². The molecule has 0 radical (unpaired) electrons. The van der Waals surface area contributed by atoms with Crippen LogP contribution < -0.4 is 9.47 Å². The lowest BCUT2D eigenvalue weighted by molar-refractivity contribution is -0.131. The molecule has 0 amide bonds. The minimum Gasteiger partial charge on any atom is -0.485 e. The molecule has 24 heavy (non-hydrogen) atoms. The van der Waals surface area contributed by atoms with Gasteiger partial charge in [0, 0.05) is 18.1 Å². The van der Waals surface area contributed by atoms with Gasteiger partial charge in [-0.05, 0) is 48.7 Å². The summed E-state index contributed by atoms with van der Waals surface area (Å²) in [5, 5.41) is 0. The molecule has 3 heteroatoms. The third-order valence-corrected chi connectivity index (χ3v) is 4.10. The van der Waals surface area contributed by atoms with Crippen molar-refractivity contribution in [3.05, 3.63) is 59.2 Å². The molecule has 0 aromatic heterocycles. The molecule has 3 rings (SSSR count). The van der Waals surface area contributed by atoms with Crippen LogP contribution in [0.2, 0.25) is 0 Å². The Morgan fingerprint density at radius 3 is 2.58 bits per heavy atom. The lowest BCUT2D eigenvalue weighted by Crippen LogP contribution is -2.21. The Bertz CT molecular complexity index is 772. The monoisotopic (exact) mass is 322 g/mol. The Labute approximate surface area is 142 Å². The largest absolute Gasteiger partial charge is 0.485 e. The van der Waals surface area contributed by atoms with Gasteiger partial charge in [-0.1, -0.05) is 37.6 Å². The van der Waals surface area contributed by atoms with Crippen LogP contribution in [-0.4, -0.2) is 12.1 Å². The number of hydrogen-bond donors (Lipinski definition) is 0. The molecule has 0 bridgehead atoms. The van der Waals surface area contributed by atoms with Crippen LogP contribution in [0.4, 0.5) is 0 Å². The summed E-state index contributed by atoms with van der Waals surface area (Å²) in [5.74, 6) is 1.21. The summed E-state index contributed by atoms with van der Waals surface area (Å²) in [6.07, 6.45) is 4.27. The van der Waals surface area contributed by atoms with Crippen molar-refractivity contribution in [1.29, 1.82) is 0 Å². The number of esters is 1. The number of benzene rings is 2. The van der Waals surface area contributed by atoms with E-state index in [1.165, 1.54) is 18.1 Å². The number of carbonyl (C=O) groups excluding carboxylic acids is 1. The molecule has 1 aliphatic rings. The zero-order chi connectivity index (χ0) is 17.1. The highest BCUT2D eigenvalue weighted by Gasteiger charge is 2.23. The van der Waals surface area contributed by atoms with Crippen molar-refractivity contribution >= 4 is 17.6 Å². The fraction of sp³-hybridized carbons (Fsp3) is 0.286. The number of fused-ring (bicyclic) bond motifs is 1. The summed E-state index contributed by atoms with van der Waals surface area (Å²) < 4.78 is 11.4. The maximum Gasteiger partial charge on any atom is 0.308 e. The summed E-state index contributed by atoms with van der Waals surface area (Å²) in [4.78, 5) is 11.0. The van der Waals surface area contributed by atoms with E-state index in [0.29, 0.717) is 5.75 Å². The van der Waals surface area contributed by atoms with Crippen molar-refractivity contribution in [2.75, 3.05) is 0 Å². The summed E-state index contributed by atoms with van der Waals surface area (Å²) in [6.45, 7) is 5.64. The maximum absolute atomic E-state index is 11.0. The Morgan fingerprint density at radius 2 is 1.92 bits per heavy atom. The van der Waals surface area contributed by atoms with E-state index in [1.54, 1.807) is 0 Å². The van der Waals surface area contributed by atoms with Crippen LogP contribution in [0.25, 0.3) is 11.6 Å². The Kier molecular flexibility index (Phi) is 4.70. The van der Waals surface area contributed by atoms with Crippen LogP contribution in [0.15, 0.2) is 42.5 Å². The van der Waals surface area contributed by atoms with Crippen molar-refractivity contribution in [2.45, 2.75) is 39.7 Å². The van der Waals surface area contributed by atoms with E-state index in [9.17, 15) is 4.79 Å². The number of aryl methyl sites for hydroxylation is 1. The molecule has 1 heterocycles. The van der Waals surface area contributed by atoms with Crippen LogP contribution in [0.3, 0.4) is 0 Å². The van der Waals surface area contributed by atoms with E-state index in [1.807, 2.05) is 24.3 Å². The molecule has 0 saturated heterocycles. The highest BCUT2D eigenvalue weighted by molar-refractivity contribution is 5.87. The van der Waals surface area contributed by atoms with E-state index < -0.39 is 0 Å². The SMILES string of the molecule is CCCC1Oc2cc(C)ccc2C=C1c1ccc(OC(C)=O)cc1. The van der Waals surface area contributed by atoms with E-state index in [0.717, 1.165) is 29.7 Å². The van der Waals surface area contributed by atoms with Gasteiger partial charge in [-0.3, -0.25) is 4.79 Å². The molecule has 0 fully saturated rings. The van der Waals surface area contributed by atoms with E-state index in [2.05, 4.69) is 38.1 Å². The van der Waals surface area contributed by atoms with Crippen molar-refractivity contribution in [3.63, 3.8) is 0 Å².